The summed E-state index contributed by atoms with van der Waals surface area (Å²) in [6, 6.07) is 0. The fourth-order valence-electron chi connectivity index (χ4n) is 1.89. The summed E-state index contributed by atoms with van der Waals surface area (Å²) in [5.41, 5.74) is 6.35. The van der Waals surface area contributed by atoms with Crippen LogP contribution < -0.4 is 11.1 Å². The van der Waals surface area contributed by atoms with E-state index in [1.807, 2.05) is 6.92 Å². The molecule has 1 aliphatic rings. The number of carbonyl (C=O) groups excluding carboxylic acids is 1. The van der Waals surface area contributed by atoms with Gasteiger partial charge in [0.25, 0.3) is 0 Å². The number of ether oxygens (including phenoxy) is 1. The van der Waals surface area contributed by atoms with Crippen molar-refractivity contribution in [3.8, 4) is 0 Å². The average molecular weight is 226 g/mol. The third-order valence-electron chi connectivity index (χ3n) is 2.83. The van der Waals surface area contributed by atoms with E-state index < -0.39 is 5.54 Å². The molecule has 0 aromatic carbocycles. The minimum atomic E-state index is -0.631. The highest BCUT2D eigenvalue weighted by molar-refractivity contribution is 5.86. The molecule has 1 aliphatic carbocycles. The fraction of sp³-hybridized carbons (Fsp3) is 0.750. The van der Waals surface area contributed by atoms with Crippen LogP contribution in [0.25, 0.3) is 0 Å². The van der Waals surface area contributed by atoms with E-state index in [2.05, 4.69) is 11.9 Å². The molecular formula is C12H22N2O2. The topological polar surface area (TPSA) is 64.3 Å². The SMILES string of the molecule is C=C(C)COCCNC(=O)C1(N)CCCC1. The molecule has 0 atom stereocenters. The maximum Gasteiger partial charge on any atom is 0.240 e. The quantitative estimate of drug-likeness (QED) is 0.524. The monoisotopic (exact) mass is 226 g/mol. The predicted octanol–water partition coefficient (Wildman–Crippen LogP) is 0.967. The molecule has 1 rings (SSSR count). The van der Waals surface area contributed by atoms with Crippen molar-refractivity contribution < 1.29 is 9.53 Å². The lowest BCUT2D eigenvalue weighted by atomic mass is 9.98. The number of carbonyl (C=O) groups is 1. The molecule has 0 saturated heterocycles. The Bertz CT molecular complexity index is 258. The number of nitrogens with two attached hydrogens (primary N) is 1. The second-order valence-corrected chi connectivity index (χ2v) is 4.63. The Labute approximate surface area is 97.2 Å². The van der Waals surface area contributed by atoms with Crippen molar-refractivity contribution in [1.82, 2.24) is 5.32 Å². The first-order valence-electron chi connectivity index (χ1n) is 5.84. The van der Waals surface area contributed by atoms with Crippen LogP contribution in [0.2, 0.25) is 0 Å². The van der Waals surface area contributed by atoms with Crippen molar-refractivity contribution in [3.63, 3.8) is 0 Å². The van der Waals surface area contributed by atoms with Crippen LogP contribution >= 0.6 is 0 Å². The van der Waals surface area contributed by atoms with Crippen LogP contribution in [-0.2, 0) is 9.53 Å². The van der Waals surface area contributed by atoms with Crippen molar-refractivity contribution in [1.29, 1.82) is 0 Å². The van der Waals surface area contributed by atoms with Gasteiger partial charge in [-0.25, -0.2) is 0 Å². The first-order valence-corrected chi connectivity index (χ1v) is 5.84. The molecule has 0 unspecified atom stereocenters. The first-order chi connectivity index (χ1) is 7.54. The van der Waals surface area contributed by atoms with E-state index in [0.29, 0.717) is 19.8 Å². The summed E-state index contributed by atoms with van der Waals surface area (Å²) in [4.78, 5) is 11.8. The lowest BCUT2D eigenvalue weighted by molar-refractivity contribution is -0.126. The van der Waals surface area contributed by atoms with E-state index in [1.54, 1.807) is 0 Å². The van der Waals surface area contributed by atoms with E-state index in [4.69, 9.17) is 10.5 Å². The first kappa shape index (κ1) is 13.2. The van der Waals surface area contributed by atoms with E-state index in [-0.39, 0.29) is 5.91 Å². The van der Waals surface area contributed by atoms with Crippen LogP contribution in [0, 0.1) is 0 Å². The summed E-state index contributed by atoms with van der Waals surface area (Å²) < 4.78 is 5.29. The zero-order valence-electron chi connectivity index (χ0n) is 10.1. The highest BCUT2D eigenvalue weighted by Crippen LogP contribution is 2.26. The van der Waals surface area contributed by atoms with Gasteiger partial charge in [-0.3, -0.25) is 4.79 Å². The number of rotatable bonds is 6. The maximum atomic E-state index is 11.8. The average Bonchev–Trinajstić information content (AvgIpc) is 2.65. The van der Waals surface area contributed by atoms with Crippen LogP contribution in [0.3, 0.4) is 0 Å². The van der Waals surface area contributed by atoms with Gasteiger partial charge < -0.3 is 15.8 Å². The number of hydrogen-bond acceptors (Lipinski definition) is 3. The molecule has 16 heavy (non-hydrogen) atoms. The van der Waals surface area contributed by atoms with Crippen LogP contribution in [0.15, 0.2) is 12.2 Å². The Hall–Kier alpha value is -0.870. The van der Waals surface area contributed by atoms with E-state index in [1.165, 1.54) is 0 Å². The molecule has 0 spiro atoms. The standard InChI is InChI=1S/C12H22N2O2/c1-10(2)9-16-8-7-14-11(15)12(13)5-3-4-6-12/h1,3-9,13H2,2H3,(H,14,15). The van der Waals surface area contributed by atoms with Crippen LogP contribution in [-0.4, -0.2) is 31.2 Å². The zero-order valence-corrected chi connectivity index (χ0v) is 10.1. The van der Waals surface area contributed by atoms with E-state index in [0.717, 1.165) is 31.3 Å². The summed E-state index contributed by atoms with van der Waals surface area (Å²) in [6.45, 7) is 7.21. The number of amides is 1. The second-order valence-electron chi connectivity index (χ2n) is 4.63. The highest BCUT2D eigenvalue weighted by Gasteiger charge is 2.36. The van der Waals surface area contributed by atoms with Crippen molar-refractivity contribution in [2.75, 3.05) is 19.8 Å². The Balaban J connectivity index is 2.13. The molecule has 0 aliphatic heterocycles. The van der Waals surface area contributed by atoms with Crippen molar-refractivity contribution in [2.24, 2.45) is 5.73 Å². The van der Waals surface area contributed by atoms with Gasteiger partial charge in [0.2, 0.25) is 5.91 Å². The summed E-state index contributed by atoms with van der Waals surface area (Å²) >= 11 is 0. The van der Waals surface area contributed by atoms with Gasteiger partial charge in [0, 0.05) is 6.54 Å². The number of nitrogens with one attached hydrogen (secondary N) is 1. The molecule has 4 heteroatoms. The Morgan fingerprint density at radius 3 is 2.69 bits per heavy atom. The lowest BCUT2D eigenvalue weighted by Crippen LogP contribution is -2.52. The van der Waals surface area contributed by atoms with Crippen molar-refractivity contribution in [2.45, 2.75) is 38.1 Å². The van der Waals surface area contributed by atoms with Crippen molar-refractivity contribution >= 4 is 5.91 Å². The molecule has 92 valence electrons. The minimum Gasteiger partial charge on any atom is -0.375 e. The maximum absolute atomic E-state index is 11.8. The van der Waals surface area contributed by atoms with Crippen LogP contribution in [0.5, 0.6) is 0 Å². The van der Waals surface area contributed by atoms with E-state index in [9.17, 15) is 4.79 Å². The van der Waals surface area contributed by atoms with Gasteiger partial charge in [-0.2, -0.15) is 0 Å². The third kappa shape index (κ3) is 3.94. The van der Waals surface area contributed by atoms with Gasteiger partial charge in [0.15, 0.2) is 0 Å². The summed E-state index contributed by atoms with van der Waals surface area (Å²) in [7, 11) is 0. The normalized spacial score (nSPS) is 18.4. The van der Waals surface area contributed by atoms with Gasteiger partial charge in [-0.15, -0.1) is 0 Å². The van der Waals surface area contributed by atoms with Crippen LogP contribution in [0.1, 0.15) is 32.6 Å². The fourth-order valence-corrected chi connectivity index (χ4v) is 1.89. The molecule has 3 N–H and O–H groups in total. The van der Waals surface area contributed by atoms with Gasteiger partial charge in [0.05, 0.1) is 18.8 Å². The second kappa shape index (κ2) is 6.01. The third-order valence-corrected chi connectivity index (χ3v) is 2.83. The summed E-state index contributed by atoms with van der Waals surface area (Å²) in [6.07, 6.45) is 3.70. The molecule has 0 aromatic rings. The van der Waals surface area contributed by atoms with Gasteiger partial charge >= 0.3 is 0 Å². The van der Waals surface area contributed by atoms with Gasteiger partial charge in [-0.05, 0) is 19.8 Å². The van der Waals surface area contributed by atoms with Crippen LogP contribution in [0.4, 0.5) is 0 Å². The largest absolute Gasteiger partial charge is 0.375 e. The Morgan fingerprint density at radius 1 is 1.50 bits per heavy atom. The zero-order chi connectivity index (χ0) is 12.0. The predicted molar refractivity (Wildman–Crippen MR) is 64.0 cm³/mol. The lowest BCUT2D eigenvalue weighted by Gasteiger charge is -2.22. The molecule has 4 nitrogen and oxygen atoms in total. The smallest absolute Gasteiger partial charge is 0.240 e. The minimum absolute atomic E-state index is 0.0380. The molecule has 0 aromatic heterocycles. The molecule has 1 saturated carbocycles. The van der Waals surface area contributed by atoms with E-state index >= 15 is 0 Å². The summed E-state index contributed by atoms with van der Waals surface area (Å²) in [5, 5.41) is 2.82. The molecule has 0 radical (unpaired) electrons. The number of hydrogen-bond donors (Lipinski definition) is 2. The summed E-state index contributed by atoms with van der Waals surface area (Å²) in [5.74, 6) is -0.0380. The Kier molecular flexibility index (Phi) is 4.96. The highest BCUT2D eigenvalue weighted by atomic mass is 16.5. The molecule has 0 heterocycles. The van der Waals surface area contributed by atoms with Gasteiger partial charge in [-0.1, -0.05) is 25.0 Å². The Morgan fingerprint density at radius 2 is 2.12 bits per heavy atom. The molecule has 0 bridgehead atoms. The molecule has 1 amide bonds. The van der Waals surface area contributed by atoms with Gasteiger partial charge in [0.1, 0.15) is 0 Å². The molecule has 1 fully saturated rings. The van der Waals surface area contributed by atoms with Crippen molar-refractivity contribution in [3.05, 3.63) is 12.2 Å². The molecular weight excluding hydrogens is 204 g/mol.